The fourth-order valence-corrected chi connectivity index (χ4v) is 1.31. The summed E-state index contributed by atoms with van der Waals surface area (Å²) in [6.45, 7) is 7.99. The van der Waals surface area contributed by atoms with Gasteiger partial charge in [-0.15, -0.1) is 0 Å². The third kappa shape index (κ3) is 2.61. The summed E-state index contributed by atoms with van der Waals surface area (Å²) < 4.78 is 2.08. The lowest BCUT2D eigenvalue weighted by Gasteiger charge is -2.17. The smallest absolute Gasteiger partial charge is 0.0948 e. The number of imidazole rings is 1. The average Bonchev–Trinajstić information content (AvgIpc) is 2.55. The molecule has 2 N–H and O–H groups in total. The summed E-state index contributed by atoms with van der Waals surface area (Å²) in [6.07, 6.45) is 6.59. The van der Waals surface area contributed by atoms with Crippen LogP contribution in [0.3, 0.4) is 0 Å². The van der Waals surface area contributed by atoms with Crippen molar-refractivity contribution in [3.63, 3.8) is 0 Å². The van der Waals surface area contributed by atoms with E-state index in [0.29, 0.717) is 12.0 Å². The van der Waals surface area contributed by atoms with Crippen LogP contribution in [0.25, 0.3) is 0 Å². The zero-order valence-electron chi connectivity index (χ0n) is 8.27. The molecule has 0 fully saturated rings. The summed E-state index contributed by atoms with van der Waals surface area (Å²) in [5, 5.41) is 0. The van der Waals surface area contributed by atoms with E-state index in [4.69, 9.17) is 5.73 Å². The van der Waals surface area contributed by atoms with Crippen LogP contribution in [0.15, 0.2) is 31.0 Å². The molecule has 1 aromatic rings. The first-order valence-electron chi connectivity index (χ1n) is 4.53. The van der Waals surface area contributed by atoms with Crippen molar-refractivity contribution in [1.82, 2.24) is 9.55 Å². The third-order valence-corrected chi connectivity index (χ3v) is 2.36. The van der Waals surface area contributed by atoms with E-state index in [1.165, 1.54) is 0 Å². The van der Waals surface area contributed by atoms with Gasteiger partial charge in [0.25, 0.3) is 0 Å². The molecule has 13 heavy (non-hydrogen) atoms. The Hall–Kier alpha value is -1.25. The van der Waals surface area contributed by atoms with E-state index in [-0.39, 0.29) is 0 Å². The van der Waals surface area contributed by atoms with E-state index < -0.39 is 0 Å². The molecule has 0 spiro atoms. The van der Waals surface area contributed by atoms with Crippen molar-refractivity contribution in [2.75, 3.05) is 0 Å². The Morgan fingerprint density at radius 1 is 1.62 bits per heavy atom. The molecule has 1 rings (SSSR count). The first kappa shape index (κ1) is 9.84. The van der Waals surface area contributed by atoms with Crippen molar-refractivity contribution in [1.29, 1.82) is 0 Å². The minimum absolute atomic E-state index is 0.359. The van der Waals surface area contributed by atoms with Crippen LogP contribution < -0.4 is 5.73 Å². The minimum atomic E-state index is 0.359. The Bertz CT molecular complexity index is 264. The Morgan fingerprint density at radius 3 is 2.77 bits per heavy atom. The lowest BCUT2D eigenvalue weighted by Crippen LogP contribution is -2.13. The van der Waals surface area contributed by atoms with Crippen molar-refractivity contribution >= 4 is 0 Å². The van der Waals surface area contributed by atoms with Crippen LogP contribution in [-0.4, -0.2) is 9.55 Å². The van der Waals surface area contributed by atoms with Gasteiger partial charge in [-0.2, -0.15) is 0 Å². The largest absolute Gasteiger partial charge is 0.402 e. The Morgan fingerprint density at radius 2 is 2.31 bits per heavy atom. The van der Waals surface area contributed by atoms with E-state index in [0.717, 1.165) is 12.1 Å². The second-order valence-electron chi connectivity index (χ2n) is 3.57. The van der Waals surface area contributed by atoms with Gasteiger partial charge >= 0.3 is 0 Å². The SMILES string of the molecule is C=C(N)C(C)CC(C)n1ccnc1. The molecule has 0 saturated heterocycles. The maximum Gasteiger partial charge on any atom is 0.0948 e. The number of allylic oxidation sites excluding steroid dienone is 1. The molecular weight excluding hydrogens is 162 g/mol. The molecule has 1 heterocycles. The molecule has 0 saturated carbocycles. The van der Waals surface area contributed by atoms with Crippen LogP contribution in [0.1, 0.15) is 26.3 Å². The minimum Gasteiger partial charge on any atom is -0.402 e. The standard InChI is InChI=1S/C10H17N3/c1-8(10(3)11)6-9(2)13-5-4-12-7-13/h4-5,7-9H,3,6,11H2,1-2H3. The van der Waals surface area contributed by atoms with Crippen LogP contribution in [0, 0.1) is 5.92 Å². The Labute approximate surface area is 79.3 Å². The number of hydrogen-bond donors (Lipinski definition) is 1. The van der Waals surface area contributed by atoms with Crippen molar-refractivity contribution in [3.8, 4) is 0 Å². The molecule has 3 heteroatoms. The molecule has 3 nitrogen and oxygen atoms in total. The maximum atomic E-state index is 5.62. The van der Waals surface area contributed by atoms with Gasteiger partial charge in [0.2, 0.25) is 0 Å². The molecule has 0 aliphatic carbocycles. The molecule has 0 amide bonds. The number of aromatic nitrogens is 2. The topological polar surface area (TPSA) is 43.8 Å². The summed E-state index contributed by atoms with van der Waals surface area (Å²) in [5.41, 5.74) is 6.37. The molecular formula is C10H17N3. The lowest BCUT2D eigenvalue weighted by molar-refractivity contribution is 0.439. The second kappa shape index (κ2) is 4.12. The van der Waals surface area contributed by atoms with E-state index in [1.54, 1.807) is 6.20 Å². The summed E-state index contributed by atoms with van der Waals surface area (Å²) in [4.78, 5) is 4.00. The van der Waals surface area contributed by atoms with Gasteiger partial charge in [0.15, 0.2) is 0 Å². The molecule has 1 aromatic heterocycles. The monoisotopic (exact) mass is 179 g/mol. The number of hydrogen-bond acceptors (Lipinski definition) is 2. The van der Waals surface area contributed by atoms with Crippen molar-refractivity contribution < 1.29 is 0 Å². The average molecular weight is 179 g/mol. The molecule has 2 unspecified atom stereocenters. The predicted molar refractivity (Wildman–Crippen MR) is 54.0 cm³/mol. The van der Waals surface area contributed by atoms with Gasteiger partial charge in [0.05, 0.1) is 6.33 Å². The second-order valence-corrected chi connectivity index (χ2v) is 3.57. The van der Waals surface area contributed by atoms with Crippen molar-refractivity contribution in [3.05, 3.63) is 31.0 Å². The summed E-state index contributed by atoms with van der Waals surface area (Å²) in [6, 6.07) is 0.429. The van der Waals surface area contributed by atoms with E-state index >= 15 is 0 Å². The normalized spacial score (nSPS) is 15.2. The van der Waals surface area contributed by atoms with Crippen LogP contribution in [0.5, 0.6) is 0 Å². The number of nitrogens with two attached hydrogens (primary N) is 1. The molecule has 0 aliphatic rings. The first-order chi connectivity index (χ1) is 6.11. The summed E-state index contributed by atoms with van der Waals surface area (Å²) in [5.74, 6) is 0.359. The summed E-state index contributed by atoms with van der Waals surface area (Å²) >= 11 is 0. The van der Waals surface area contributed by atoms with Gasteiger partial charge in [-0.25, -0.2) is 4.98 Å². The van der Waals surface area contributed by atoms with Crippen LogP contribution in [0.2, 0.25) is 0 Å². The molecule has 72 valence electrons. The van der Waals surface area contributed by atoms with Gasteiger partial charge in [-0.1, -0.05) is 13.5 Å². The Balaban J connectivity index is 2.51. The number of nitrogens with zero attached hydrogens (tertiary/aromatic N) is 2. The highest BCUT2D eigenvalue weighted by Crippen LogP contribution is 2.19. The van der Waals surface area contributed by atoms with Crippen LogP contribution in [0.4, 0.5) is 0 Å². The lowest BCUT2D eigenvalue weighted by atomic mass is 10.0. The predicted octanol–water partition coefficient (Wildman–Crippen LogP) is 1.94. The van der Waals surface area contributed by atoms with Gasteiger partial charge in [0.1, 0.15) is 0 Å². The van der Waals surface area contributed by atoms with Gasteiger partial charge < -0.3 is 10.3 Å². The number of rotatable bonds is 4. The fourth-order valence-electron chi connectivity index (χ4n) is 1.31. The third-order valence-electron chi connectivity index (χ3n) is 2.36. The molecule has 0 bridgehead atoms. The van der Waals surface area contributed by atoms with Gasteiger partial charge in [-0.05, 0) is 19.3 Å². The fraction of sp³-hybridized carbons (Fsp3) is 0.500. The van der Waals surface area contributed by atoms with Crippen molar-refractivity contribution in [2.24, 2.45) is 11.7 Å². The molecule has 0 aliphatic heterocycles. The molecule has 2 atom stereocenters. The quantitative estimate of drug-likeness (QED) is 0.767. The highest BCUT2D eigenvalue weighted by molar-refractivity contribution is 4.93. The van der Waals surface area contributed by atoms with Crippen LogP contribution in [-0.2, 0) is 0 Å². The van der Waals surface area contributed by atoms with E-state index in [1.807, 2.05) is 12.5 Å². The van der Waals surface area contributed by atoms with Crippen LogP contribution >= 0.6 is 0 Å². The first-order valence-corrected chi connectivity index (χ1v) is 4.53. The molecule has 0 aromatic carbocycles. The van der Waals surface area contributed by atoms with E-state index in [9.17, 15) is 0 Å². The highest BCUT2D eigenvalue weighted by Gasteiger charge is 2.10. The maximum absolute atomic E-state index is 5.62. The van der Waals surface area contributed by atoms with Gasteiger partial charge in [0, 0.05) is 24.1 Å². The zero-order chi connectivity index (χ0) is 9.84. The Kier molecular flexibility index (Phi) is 3.12. The van der Waals surface area contributed by atoms with E-state index in [2.05, 4.69) is 30.0 Å². The van der Waals surface area contributed by atoms with Crippen molar-refractivity contribution in [2.45, 2.75) is 26.3 Å². The highest BCUT2D eigenvalue weighted by atomic mass is 15.0. The molecule has 0 radical (unpaired) electrons. The zero-order valence-corrected chi connectivity index (χ0v) is 8.27. The summed E-state index contributed by atoms with van der Waals surface area (Å²) in [7, 11) is 0. The van der Waals surface area contributed by atoms with Gasteiger partial charge in [-0.3, -0.25) is 0 Å².